The number of benzene rings is 1. The Morgan fingerprint density at radius 1 is 1.21 bits per heavy atom. The van der Waals surface area contributed by atoms with Crippen molar-refractivity contribution in [2.45, 2.75) is 27.7 Å². The third-order valence-corrected chi connectivity index (χ3v) is 5.13. The molecular weight excluding hydrogens is 442 g/mol. The summed E-state index contributed by atoms with van der Waals surface area (Å²) < 4.78 is 7.23. The van der Waals surface area contributed by atoms with Crippen LogP contribution in [0.4, 0.5) is 23.3 Å². The molecule has 10 heteroatoms. The fraction of sp³-hybridized carbons (Fsp3) is 0.261. The van der Waals surface area contributed by atoms with Crippen LogP contribution in [-0.2, 0) is 11.8 Å². The fourth-order valence-corrected chi connectivity index (χ4v) is 3.37. The van der Waals surface area contributed by atoms with E-state index in [1.165, 1.54) is 4.90 Å². The lowest BCUT2D eigenvalue weighted by atomic mass is 9.95. The minimum atomic E-state index is -0.681. The molecule has 170 valence electrons. The van der Waals surface area contributed by atoms with E-state index in [1.807, 2.05) is 57.5 Å². The fourth-order valence-electron chi connectivity index (χ4n) is 3.22. The normalized spacial score (nSPS) is 11.6. The van der Waals surface area contributed by atoms with Crippen LogP contribution in [0.25, 0.3) is 16.6 Å². The predicted molar refractivity (Wildman–Crippen MR) is 129 cm³/mol. The maximum atomic E-state index is 13.4. The third kappa shape index (κ3) is 4.45. The second-order valence-corrected chi connectivity index (χ2v) is 9.07. The first-order valence-electron chi connectivity index (χ1n) is 10.2. The highest BCUT2D eigenvalue weighted by molar-refractivity contribution is 6.28. The molecule has 0 atom stereocenters. The van der Waals surface area contributed by atoms with E-state index in [0.717, 1.165) is 11.2 Å². The molecule has 33 heavy (non-hydrogen) atoms. The number of anilines is 4. The van der Waals surface area contributed by atoms with Crippen molar-refractivity contribution in [2.75, 3.05) is 10.2 Å². The van der Waals surface area contributed by atoms with Gasteiger partial charge in [-0.15, -0.1) is 0 Å². The molecule has 0 fully saturated rings. The molecule has 0 bridgehead atoms. The smallest absolute Gasteiger partial charge is 0.240 e. The highest BCUT2D eigenvalue weighted by Crippen LogP contribution is 2.34. The van der Waals surface area contributed by atoms with Crippen LogP contribution in [0.2, 0.25) is 5.28 Å². The molecule has 3 aromatic heterocycles. The number of carbonyl (C=O) groups excluding carboxylic acids is 1. The number of nitrogens with one attached hydrogen (secondary N) is 1. The number of aromatic nitrogens is 5. The molecule has 4 rings (SSSR count). The van der Waals surface area contributed by atoms with E-state index in [4.69, 9.17) is 21.1 Å². The Bertz CT molecular complexity index is 1370. The van der Waals surface area contributed by atoms with E-state index in [1.54, 1.807) is 18.3 Å². The summed E-state index contributed by atoms with van der Waals surface area (Å²) >= 11 is 5.88. The Hall–Kier alpha value is -3.72. The summed E-state index contributed by atoms with van der Waals surface area (Å²) in [6.45, 7) is 11.2. The number of nitrogens with zero attached hydrogens (tertiary/aromatic N) is 6. The summed E-state index contributed by atoms with van der Waals surface area (Å²) in [5, 5.41) is 7.46. The Kier molecular flexibility index (Phi) is 5.67. The van der Waals surface area contributed by atoms with E-state index >= 15 is 0 Å². The van der Waals surface area contributed by atoms with Crippen molar-refractivity contribution in [1.29, 1.82) is 0 Å². The predicted octanol–water partition coefficient (Wildman–Crippen LogP) is 5.49. The van der Waals surface area contributed by atoms with Crippen molar-refractivity contribution in [2.24, 2.45) is 12.5 Å². The maximum absolute atomic E-state index is 13.4. The SMILES string of the molecule is C=C(C)c1cc(N(C(=O)C(C)(C)C)c2nc3cc(Nc4ccnc(Cl)n4)ccc3n2C)no1. The summed E-state index contributed by atoms with van der Waals surface area (Å²) in [7, 11) is 1.85. The number of imidazole rings is 1. The van der Waals surface area contributed by atoms with Gasteiger partial charge in [0.15, 0.2) is 11.6 Å². The van der Waals surface area contributed by atoms with E-state index in [-0.39, 0.29) is 11.2 Å². The Labute approximate surface area is 196 Å². The first kappa shape index (κ1) is 22.5. The van der Waals surface area contributed by atoms with E-state index in [2.05, 4.69) is 27.0 Å². The van der Waals surface area contributed by atoms with Gasteiger partial charge in [0.25, 0.3) is 0 Å². The van der Waals surface area contributed by atoms with Gasteiger partial charge in [0.05, 0.1) is 11.0 Å². The Balaban J connectivity index is 1.79. The molecule has 0 aliphatic heterocycles. The minimum absolute atomic E-state index is 0.152. The van der Waals surface area contributed by atoms with Crippen molar-refractivity contribution in [3.63, 3.8) is 0 Å². The second-order valence-electron chi connectivity index (χ2n) is 8.73. The second kappa shape index (κ2) is 8.32. The summed E-state index contributed by atoms with van der Waals surface area (Å²) in [4.78, 5) is 27.7. The van der Waals surface area contributed by atoms with Gasteiger partial charge < -0.3 is 14.4 Å². The molecule has 0 radical (unpaired) electrons. The van der Waals surface area contributed by atoms with Gasteiger partial charge in [0.2, 0.25) is 17.1 Å². The molecule has 1 aromatic carbocycles. The van der Waals surface area contributed by atoms with Crippen LogP contribution in [0, 0.1) is 5.41 Å². The number of rotatable bonds is 5. The van der Waals surface area contributed by atoms with Crippen molar-refractivity contribution in [3.8, 4) is 0 Å². The van der Waals surface area contributed by atoms with Crippen LogP contribution in [0.5, 0.6) is 0 Å². The summed E-state index contributed by atoms with van der Waals surface area (Å²) in [6, 6.07) is 9.09. The number of hydrogen-bond acceptors (Lipinski definition) is 7. The van der Waals surface area contributed by atoms with Crippen molar-refractivity contribution in [1.82, 2.24) is 24.7 Å². The number of aryl methyl sites for hydroxylation is 1. The topological polar surface area (TPSA) is 102 Å². The van der Waals surface area contributed by atoms with Gasteiger partial charge in [0.1, 0.15) is 5.82 Å². The lowest BCUT2D eigenvalue weighted by Crippen LogP contribution is -2.37. The summed E-state index contributed by atoms with van der Waals surface area (Å²) in [5.74, 6) is 1.67. The summed E-state index contributed by atoms with van der Waals surface area (Å²) in [6.07, 6.45) is 1.57. The number of amides is 1. The molecule has 0 unspecified atom stereocenters. The molecular formula is C23H24ClN7O2. The lowest BCUT2D eigenvalue weighted by Gasteiger charge is -2.26. The molecule has 0 aliphatic carbocycles. The quantitative estimate of drug-likeness (QED) is 0.388. The standard InChI is InChI=1S/C23H24ClN7O2/c1-13(2)17-12-19(29-33-17)31(20(32)23(3,4)5)22-27-15-11-14(7-8-16(15)30(22)6)26-18-9-10-25-21(24)28-18/h7-12H,1H2,2-6H3,(H,25,26,28). The molecule has 9 nitrogen and oxygen atoms in total. The number of allylic oxidation sites excluding steroid dienone is 1. The molecule has 0 spiro atoms. The molecule has 4 aromatic rings. The first-order chi connectivity index (χ1) is 15.5. The Morgan fingerprint density at radius 2 is 1.97 bits per heavy atom. The van der Waals surface area contributed by atoms with Crippen molar-refractivity contribution in [3.05, 3.63) is 54.2 Å². The zero-order chi connectivity index (χ0) is 23.9. The molecule has 1 N–H and O–H groups in total. The van der Waals surface area contributed by atoms with Crippen LogP contribution < -0.4 is 10.2 Å². The number of halogens is 1. The Morgan fingerprint density at radius 3 is 2.61 bits per heavy atom. The van der Waals surface area contributed by atoms with Crippen LogP contribution >= 0.6 is 11.6 Å². The van der Waals surface area contributed by atoms with Crippen LogP contribution in [0.1, 0.15) is 33.5 Å². The largest absolute Gasteiger partial charge is 0.354 e. The number of hydrogen-bond donors (Lipinski definition) is 1. The average Bonchev–Trinajstić information content (AvgIpc) is 3.34. The van der Waals surface area contributed by atoms with Crippen molar-refractivity contribution >= 4 is 57.4 Å². The van der Waals surface area contributed by atoms with Gasteiger partial charge in [0, 0.05) is 30.4 Å². The van der Waals surface area contributed by atoms with Gasteiger partial charge >= 0.3 is 0 Å². The van der Waals surface area contributed by atoms with Gasteiger partial charge in [-0.05, 0) is 48.4 Å². The molecule has 1 amide bonds. The third-order valence-electron chi connectivity index (χ3n) is 4.95. The van der Waals surface area contributed by atoms with Gasteiger partial charge in [-0.3, -0.25) is 4.79 Å². The lowest BCUT2D eigenvalue weighted by molar-refractivity contribution is -0.125. The number of fused-ring (bicyclic) bond motifs is 1. The molecule has 0 saturated heterocycles. The maximum Gasteiger partial charge on any atom is 0.240 e. The van der Waals surface area contributed by atoms with Gasteiger partial charge in [-0.25, -0.2) is 19.9 Å². The minimum Gasteiger partial charge on any atom is -0.354 e. The highest BCUT2D eigenvalue weighted by atomic mass is 35.5. The van der Waals surface area contributed by atoms with Crippen LogP contribution in [0.3, 0.4) is 0 Å². The van der Waals surface area contributed by atoms with Crippen LogP contribution in [0.15, 0.2) is 47.6 Å². The molecule has 0 saturated carbocycles. The molecule has 3 heterocycles. The molecule has 0 aliphatic rings. The monoisotopic (exact) mass is 465 g/mol. The number of carbonyl (C=O) groups is 1. The summed E-state index contributed by atoms with van der Waals surface area (Å²) in [5.41, 5.74) is 2.32. The average molecular weight is 466 g/mol. The van der Waals surface area contributed by atoms with Crippen molar-refractivity contribution < 1.29 is 9.32 Å². The van der Waals surface area contributed by atoms with E-state index < -0.39 is 5.41 Å². The zero-order valence-corrected chi connectivity index (χ0v) is 19.8. The van der Waals surface area contributed by atoms with E-state index in [9.17, 15) is 4.79 Å². The van der Waals surface area contributed by atoms with Gasteiger partial charge in [-0.2, -0.15) is 0 Å². The van der Waals surface area contributed by atoms with Gasteiger partial charge in [-0.1, -0.05) is 32.5 Å². The van der Waals surface area contributed by atoms with Crippen LogP contribution in [-0.4, -0.2) is 30.6 Å². The highest BCUT2D eigenvalue weighted by Gasteiger charge is 2.34. The zero-order valence-electron chi connectivity index (χ0n) is 19.0. The van der Waals surface area contributed by atoms with E-state index in [0.29, 0.717) is 34.4 Å². The first-order valence-corrected chi connectivity index (χ1v) is 10.6.